The molecule has 2 aliphatic carbocycles. The predicted octanol–water partition coefficient (Wildman–Crippen LogP) is 3.73. The number of nitrogens with one attached hydrogen (secondary N) is 2. The van der Waals surface area contributed by atoms with Crippen molar-refractivity contribution in [3.8, 4) is 0 Å². The number of hydrogen-bond acceptors (Lipinski definition) is 10. The number of carboxylic acids is 1. The molecule has 14 nitrogen and oxygen atoms in total. The summed E-state index contributed by atoms with van der Waals surface area (Å²) in [6.07, 6.45) is 5.66. The van der Waals surface area contributed by atoms with Crippen molar-refractivity contribution in [2.75, 3.05) is 18.7 Å². The van der Waals surface area contributed by atoms with Crippen molar-refractivity contribution in [3.05, 3.63) is 53.0 Å². The average Bonchev–Trinajstić information content (AvgIpc) is 3.93. The zero-order chi connectivity index (χ0) is 31.4. The molecular formula is C30H34N6O8. The highest BCUT2D eigenvalue weighted by Gasteiger charge is 2.31. The number of nitrogens with zero attached hydrogens (tertiary/aromatic N) is 4. The van der Waals surface area contributed by atoms with Gasteiger partial charge in [-0.05, 0) is 62.3 Å². The van der Waals surface area contributed by atoms with E-state index in [1.54, 1.807) is 19.1 Å². The number of carboxylic acid groups (broad SMARTS) is 1. The van der Waals surface area contributed by atoms with Gasteiger partial charge in [-0.15, -0.1) is 0 Å². The van der Waals surface area contributed by atoms with Gasteiger partial charge in [0.05, 0.1) is 18.4 Å². The van der Waals surface area contributed by atoms with Gasteiger partial charge >= 0.3 is 18.0 Å². The quantitative estimate of drug-likeness (QED) is 0.190. The average molecular weight is 607 g/mol. The molecular weight excluding hydrogens is 572 g/mol. The number of rotatable bonds is 13. The van der Waals surface area contributed by atoms with Gasteiger partial charge in [-0.3, -0.25) is 19.2 Å². The fraction of sp³-hybridized carbons (Fsp3) is 0.433. The second-order valence-electron chi connectivity index (χ2n) is 11.1. The molecule has 0 spiro atoms. The summed E-state index contributed by atoms with van der Waals surface area (Å²) in [6, 6.07) is 5.58. The molecule has 2 heterocycles. The minimum atomic E-state index is -1.16. The third-order valence-corrected chi connectivity index (χ3v) is 7.59. The molecule has 3 N–H and O–H groups in total. The minimum Gasteiger partial charge on any atom is -0.481 e. The third-order valence-electron chi connectivity index (χ3n) is 7.59. The first-order valence-electron chi connectivity index (χ1n) is 14.5. The summed E-state index contributed by atoms with van der Waals surface area (Å²) >= 11 is 0. The molecule has 3 amide bonds. The molecule has 5 rings (SSSR count). The van der Waals surface area contributed by atoms with Crippen molar-refractivity contribution in [3.63, 3.8) is 0 Å². The maximum absolute atomic E-state index is 13.7. The molecule has 0 aliphatic heterocycles. The van der Waals surface area contributed by atoms with Crippen LogP contribution in [0.4, 0.5) is 16.3 Å². The van der Waals surface area contributed by atoms with E-state index in [-0.39, 0.29) is 30.5 Å². The van der Waals surface area contributed by atoms with Crippen LogP contribution in [0.15, 0.2) is 30.7 Å². The topological polar surface area (TPSA) is 182 Å². The second kappa shape index (κ2) is 13.1. The summed E-state index contributed by atoms with van der Waals surface area (Å²) in [7, 11) is 0. The molecule has 2 fully saturated rings. The Kier molecular flexibility index (Phi) is 9.07. The van der Waals surface area contributed by atoms with E-state index in [0.717, 1.165) is 36.1 Å². The van der Waals surface area contributed by atoms with Gasteiger partial charge in [-0.1, -0.05) is 18.9 Å². The smallest absolute Gasteiger partial charge is 0.419 e. The van der Waals surface area contributed by atoms with Crippen LogP contribution in [0.2, 0.25) is 0 Å². The summed E-state index contributed by atoms with van der Waals surface area (Å²) < 4.78 is 11.3. The van der Waals surface area contributed by atoms with Crippen molar-refractivity contribution in [2.45, 2.75) is 64.8 Å². The zero-order valence-corrected chi connectivity index (χ0v) is 24.5. The number of carbonyl (C=O) groups is 5. The van der Waals surface area contributed by atoms with Gasteiger partial charge in [0.2, 0.25) is 6.79 Å². The van der Waals surface area contributed by atoms with E-state index in [4.69, 9.17) is 14.6 Å². The van der Waals surface area contributed by atoms with Crippen LogP contribution in [0.25, 0.3) is 5.52 Å². The zero-order valence-electron chi connectivity index (χ0n) is 24.5. The van der Waals surface area contributed by atoms with Crippen LogP contribution in [-0.4, -0.2) is 73.8 Å². The molecule has 0 saturated heterocycles. The fourth-order valence-corrected chi connectivity index (χ4v) is 4.63. The van der Waals surface area contributed by atoms with E-state index in [1.165, 1.54) is 17.0 Å². The maximum Gasteiger partial charge on any atom is 0.419 e. The molecule has 0 bridgehead atoms. The molecule has 2 saturated carbocycles. The third kappa shape index (κ3) is 7.49. The number of benzene rings is 1. The van der Waals surface area contributed by atoms with Crippen LogP contribution in [0.1, 0.15) is 76.8 Å². The summed E-state index contributed by atoms with van der Waals surface area (Å²) in [5.41, 5.74) is 3.27. The fourth-order valence-electron chi connectivity index (χ4n) is 4.63. The number of aryl methyl sites for hydroxylation is 2. The number of ether oxygens (including phenoxy) is 2. The Morgan fingerprint density at radius 2 is 1.84 bits per heavy atom. The summed E-state index contributed by atoms with van der Waals surface area (Å²) in [5.74, 6) is -1.95. The highest BCUT2D eigenvalue weighted by atomic mass is 16.7. The van der Waals surface area contributed by atoms with Crippen molar-refractivity contribution in [1.29, 1.82) is 0 Å². The number of hydrogen-bond donors (Lipinski definition) is 3. The van der Waals surface area contributed by atoms with E-state index in [0.29, 0.717) is 40.5 Å². The van der Waals surface area contributed by atoms with Gasteiger partial charge in [-0.25, -0.2) is 19.2 Å². The van der Waals surface area contributed by atoms with Crippen molar-refractivity contribution in [1.82, 2.24) is 24.8 Å². The van der Waals surface area contributed by atoms with E-state index in [1.807, 2.05) is 13.0 Å². The monoisotopic (exact) mass is 606 g/mol. The Hall–Kier alpha value is -5.01. The van der Waals surface area contributed by atoms with Crippen LogP contribution in [0.5, 0.6) is 0 Å². The van der Waals surface area contributed by atoms with E-state index < -0.39 is 37.2 Å². The van der Waals surface area contributed by atoms with Crippen LogP contribution in [0, 0.1) is 19.8 Å². The van der Waals surface area contributed by atoms with Crippen molar-refractivity contribution in [2.24, 2.45) is 5.92 Å². The first-order valence-corrected chi connectivity index (χ1v) is 14.5. The van der Waals surface area contributed by atoms with Crippen molar-refractivity contribution < 1.29 is 38.6 Å². The maximum atomic E-state index is 13.7. The lowest BCUT2D eigenvalue weighted by atomic mass is 10.1. The highest BCUT2D eigenvalue weighted by Crippen LogP contribution is 2.33. The first kappa shape index (κ1) is 30.4. The molecule has 1 aromatic carbocycles. The minimum absolute atomic E-state index is 0.104. The van der Waals surface area contributed by atoms with Crippen LogP contribution in [0.3, 0.4) is 0 Å². The Labute approximate surface area is 252 Å². The summed E-state index contributed by atoms with van der Waals surface area (Å²) in [4.78, 5) is 67.1. The highest BCUT2D eigenvalue weighted by molar-refractivity contribution is 6.06. The van der Waals surface area contributed by atoms with Crippen LogP contribution < -0.4 is 10.6 Å². The van der Waals surface area contributed by atoms with Crippen LogP contribution in [-0.2, 0) is 19.1 Å². The number of aliphatic carboxylic acids is 1. The number of imide groups is 1. The second-order valence-corrected chi connectivity index (χ2v) is 11.1. The molecule has 3 aromatic rings. The van der Waals surface area contributed by atoms with Gasteiger partial charge in [0.1, 0.15) is 11.8 Å². The van der Waals surface area contributed by atoms with E-state index in [2.05, 4.69) is 20.7 Å². The molecule has 0 radical (unpaired) electrons. The number of aromatic nitrogens is 3. The molecule has 2 aromatic heterocycles. The predicted molar refractivity (Wildman–Crippen MR) is 155 cm³/mol. The van der Waals surface area contributed by atoms with Gasteiger partial charge in [0.15, 0.2) is 5.82 Å². The molecule has 44 heavy (non-hydrogen) atoms. The van der Waals surface area contributed by atoms with Gasteiger partial charge < -0.3 is 25.2 Å². The lowest BCUT2D eigenvalue weighted by Crippen LogP contribution is -2.39. The summed E-state index contributed by atoms with van der Waals surface area (Å²) in [5, 5.41) is 19.2. The molecule has 0 atom stereocenters. The lowest BCUT2D eigenvalue weighted by molar-refractivity contribution is -0.154. The standard InChI is InChI=1S/C30H34N6O8/c1-17-3-6-20(28(40)33-21-7-8-21)13-23(17)34-27-26-18(2)22(14-36(26)32-15-31-27)29(41)35(12-11-19-4-5-19)30(42)44-16-43-25(39)10-9-24(37)38/h3,6,13-15,19,21H,4-5,7-12,16H2,1-2H3,(H,33,40)(H,37,38)(H,31,32,34). The number of carbonyl (C=O) groups excluding carboxylic acids is 4. The Morgan fingerprint density at radius 3 is 2.55 bits per heavy atom. The molecule has 2 aliphatic rings. The first-order chi connectivity index (χ1) is 21.1. The SMILES string of the molecule is Cc1ccc(C(=O)NC2CC2)cc1Nc1ncnn2cc(C(=O)N(CCC3CC3)C(=O)OCOC(=O)CCC(=O)O)c(C)c12. The van der Waals surface area contributed by atoms with Crippen LogP contribution >= 0.6 is 0 Å². The van der Waals surface area contributed by atoms with E-state index in [9.17, 15) is 24.0 Å². The number of amides is 3. The van der Waals surface area contributed by atoms with Gasteiger partial charge in [0.25, 0.3) is 11.8 Å². The molecule has 14 heteroatoms. The van der Waals surface area contributed by atoms with Gasteiger partial charge in [-0.2, -0.15) is 5.10 Å². The lowest BCUT2D eigenvalue weighted by Gasteiger charge is -2.20. The van der Waals surface area contributed by atoms with Crippen molar-refractivity contribution >= 4 is 46.9 Å². The number of fused-ring (bicyclic) bond motifs is 1. The summed E-state index contributed by atoms with van der Waals surface area (Å²) in [6.45, 7) is 2.97. The Balaban J connectivity index is 1.34. The largest absolute Gasteiger partial charge is 0.481 e. The number of esters is 1. The Morgan fingerprint density at radius 1 is 1.07 bits per heavy atom. The Bertz CT molecular complexity index is 1610. The normalized spacial score (nSPS) is 14.1. The number of anilines is 2. The van der Waals surface area contributed by atoms with Gasteiger partial charge in [0, 0.05) is 30.0 Å². The van der Waals surface area contributed by atoms with E-state index >= 15 is 0 Å². The molecule has 232 valence electrons. The molecule has 0 unspecified atom stereocenters.